The summed E-state index contributed by atoms with van der Waals surface area (Å²) < 4.78 is 27.6. The SMILES string of the molecule is C[C@H](N)CCNS(=O)(=O)N(C)Cc1ccc(Cl)cc1. The lowest BCUT2D eigenvalue weighted by Crippen LogP contribution is -2.39. The fourth-order valence-electron chi connectivity index (χ4n) is 1.46. The Morgan fingerprint density at radius 1 is 1.37 bits per heavy atom. The summed E-state index contributed by atoms with van der Waals surface area (Å²) in [6, 6.07) is 7.05. The number of rotatable bonds is 7. The van der Waals surface area contributed by atoms with Gasteiger partial charge in [-0.25, -0.2) is 4.72 Å². The van der Waals surface area contributed by atoms with Gasteiger partial charge in [0.05, 0.1) is 0 Å². The van der Waals surface area contributed by atoms with Crippen LogP contribution in [0.4, 0.5) is 0 Å². The van der Waals surface area contributed by atoms with Crippen LogP contribution >= 0.6 is 11.6 Å². The number of nitrogens with zero attached hydrogens (tertiary/aromatic N) is 1. The molecule has 7 heteroatoms. The van der Waals surface area contributed by atoms with Crippen LogP contribution in [0.1, 0.15) is 18.9 Å². The second-order valence-electron chi connectivity index (χ2n) is 4.55. The Bertz CT molecular complexity index is 488. The number of benzene rings is 1. The van der Waals surface area contributed by atoms with E-state index in [1.807, 2.05) is 6.92 Å². The zero-order valence-electron chi connectivity index (χ0n) is 11.1. The molecule has 1 rings (SSSR count). The molecule has 3 N–H and O–H groups in total. The molecule has 0 radical (unpaired) electrons. The fourth-order valence-corrected chi connectivity index (χ4v) is 2.50. The number of nitrogens with one attached hydrogen (secondary N) is 1. The van der Waals surface area contributed by atoms with E-state index in [2.05, 4.69) is 4.72 Å². The van der Waals surface area contributed by atoms with Crippen LogP contribution in [0.5, 0.6) is 0 Å². The van der Waals surface area contributed by atoms with Crippen molar-refractivity contribution in [1.82, 2.24) is 9.03 Å². The normalized spacial score (nSPS) is 13.7. The van der Waals surface area contributed by atoms with Gasteiger partial charge in [-0.15, -0.1) is 0 Å². The van der Waals surface area contributed by atoms with E-state index in [1.54, 1.807) is 24.3 Å². The molecule has 1 aromatic carbocycles. The van der Waals surface area contributed by atoms with E-state index in [9.17, 15) is 8.42 Å². The Morgan fingerprint density at radius 3 is 2.47 bits per heavy atom. The van der Waals surface area contributed by atoms with Crippen LogP contribution in [0.2, 0.25) is 5.02 Å². The summed E-state index contributed by atoms with van der Waals surface area (Å²) >= 11 is 5.78. The van der Waals surface area contributed by atoms with Crippen LogP contribution in [0.25, 0.3) is 0 Å². The molecule has 0 unspecified atom stereocenters. The zero-order valence-corrected chi connectivity index (χ0v) is 12.7. The Kier molecular flexibility index (Phi) is 6.22. The van der Waals surface area contributed by atoms with E-state index in [0.29, 0.717) is 24.5 Å². The second kappa shape index (κ2) is 7.21. The fraction of sp³-hybridized carbons (Fsp3) is 0.500. The predicted octanol–water partition coefficient (Wildman–Crippen LogP) is 1.34. The first kappa shape index (κ1) is 16.4. The maximum absolute atomic E-state index is 11.9. The highest BCUT2D eigenvalue weighted by molar-refractivity contribution is 7.87. The van der Waals surface area contributed by atoms with Crippen molar-refractivity contribution in [2.24, 2.45) is 5.73 Å². The molecule has 0 heterocycles. The van der Waals surface area contributed by atoms with Gasteiger partial charge in [0.15, 0.2) is 0 Å². The highest BCUT2D eigenvalue weighted by Crippen LogP contribution is 2.11. The summed E-state index contributed by atoms with van der Waals surface area (Å²) in [4.78, 5) is 0. The Balaban J connectivity index is 2.55. The van der Waals surface area contributed by atoms with E-state index in [0.717, 1.165) is 5.56 Å². The lowest BCUT2D eigenvalue weighted by molar-refractivity contribution is 0.453. The summed E-state index contributed by atoms with van der Waals surface area (Å²) in [5, 5.41) is 0.629. The third-order valence-electron chi connectivity index (χ3n) is 2.61. The van der Waals surface area contributed by atoms with Gasteiger partial charge in [0.2, 0.25) is 0 Å². The first-order chi connectivity index (χ1) is 8.81. The quantitative estimate of drug-likeness (QED) is 0.798. The zero-order chi connectivity index (χ0) is 14.5. The van der Waals surface area contributed by atoms with Crippen LogP contribution in [0, 0.1) is 0 Å². The summed E-state index contributed by atoms with van der Waals surface area (Å²) in [5.74, 6) is 0. The molecule has 108 valence electrons. The number of halogens is 1. The molecule has 0 fully saturated rings. The van der Waals surface area contributed by atoms with Crippen LogP contribution in [-0.4, -0.2) is 32.4 Å². The molecular formula is C12H20ClN3O2S. The summed E-state index contributed by atoms with van der Waals surface area (Å²) in [6.07, 6.45) is 0.605. The van der Waals surface area contributed by atoms with Crippen LogP contribution in [-0.2, 0) is 16.8 Å². The van der Waals surface area contributed by atoms with Gasteiger partial charge in [-0.05, 0) is 31.0 Å². The van der Waals surface area contributed by atoms with Gasteiger partial charge in [0, 0.05) is 31.2 Å². The summed E-state index contributed by atoms with van der Waals surface area (Å²) in [5.41, 5.74) is 6.45. The Hall–Kier alpha value is -0.660. The maximum Gasteiger partial charge on any atom is 0.279 e. The monoisotopic (exact) mass is 305 g/mol. The summed E-state index contributed by atoms with van der Waals surface area (Å²) in [6.45, 7) is 2.47. The van der Waals surface area contributed by atoms with Crippen molar-refractivity contribution < 1.29 is 8.42 Å². The van der Waals surface area contributed by atoms with E-state index in [-0.39, 0.29) is 6.04 Å². The van der Waals surface area contributed by atoms with Crippen molar-refractivity contribution in [3.63, 3.8) is 0 Å². The molecule has 0 amide bonds. The minimum Gasteiger partial charge on any atom is -0.328 e. The van der Waals surface area contributed by atoms with Crippen molar-refractivity contribution in [1.29, 1.82) is 0 Å². The van der Waals surface area contributed by atoms with E-state index in [1.165, 1.54) is 11.4 Å². The third-order valence-corrected chi connectivity index (χ3v) is 4.38. The van der Waals surface area contributed by atoms with E-state index >= 15 is 0 Å². The van der Waals surface area contributed by atoms with Crippen LogP contribution in [0.3, 0.4) is 0 Å². The smallest absolute Gasteiger partial charge is 0.279 e. The molecule has 0 aliphatic carbocycles. The molecule has 0 aromatic heterocycles. The molecule has 5 nitrogen and oxygen atoms in total. The molecule has 0 saturated carbocycles. The number of nitrogens with two attached hydrogens (primary N) is 1. The minimum atomic E-state index is -3.47. The largest absolute Gasteiger partial charge is 0.328 e. The highest BCUT2D eigenvalue weighted by atomic mass is 35.5. The van der Waals surface area contributed by atoms with Crippen molar-refractivity contribution in [2.45, 2.75) is 25.9 Å². The molecule has 0 spiro atoms. The van der Waals surface area contributed by atoms with Crippen molar-refractivity contribution >= 4 is 21.8 Å². The molecular weight excluding hydrogens is 286 g/mol. The Morgan fingerprint density at radius 2 is 1.95 bits per heavy atom. The van der Waals surface area contributed by atoms with Gasteiger partial charge in [0.1, 0.15) is 0 Å². The lowest BCUT2D eigenvalue weighted by Gasteiger charge is -2.18. The Labute approximate surface area is 119 Å². The van der Waals surface area contributed by atoms with Gasteiger partial charge >= 0.3 is 0 Å². The third kappa shape index (κ3) is 5.88. The average molecular weight is 306 g/mol. The second-order valence-corrected chi connectivity index (χ2v) is 6.85. The number of hydrogen-bond donors (Lipinski definition) is 2. The topological polar surface area (TPSA) is 75.4 Å². The van der Waals surface area contributed by atoms with Gasteiger partial charge in [-0.1, -0.05) is 23.7 Å². The van der Waals surface area contributed by atoms with Gasteiger partial charge in [-0.3, -0.25) is 0 Å². The number of hydrogen-bond acceptors (Lipinski definition) is 3. The van der Waals surface area contributed by atoms with Crippen LogP contribution in [0.15, 0.2) is 24.3 Å². The highest BCUT2D eigenvalue weighted by Gasteiger charge is 2.17. The minimum absolute atomic E-state index is 0.0238. The molecule has 0 bridgehead atoms. The van der Waals surface area contributed by atoms with E-state index in [4.69, 9.17) is 17.3 Å². The first-order valence-corrected chi connectivity index (χ1v) is 7.84. The predicted molar refractivity (Wildman–Crippen MR) is 78.1 cm³/mol. The van der Waals surface area contributed by atoms with Gasteiger partial charge in [0.25, 0.3) is 10.2 Å². The molecule has 0 aliphatic rings. The van der Waals surface area contributed by atoms with Gasteiger partial charge in [-0.2, -0.15) is 12.7 Å². The molecule has 19 heavy (non-hydrogen) atoms. The average Bonchev–Trinajstić information content (AvgIpc) is 2.31. The van der Waals surface area contributed by atoms with Crippen molar-refractivity contribution in [3.8, 4) is 0 Å². The van der Waals surface area contributed by atoms with Crippen LogP contribution < -0.4 is 10.5 Å². The van der Waals surface area contributed by atoms with Crippen molar-refractivity contribution in [2.75, 3.05) is 13.6 Å². The lowest BCUT2D eigenvalue weighted by atomic mass is 10.2. The standard InChI is InChI=1S/C12H20ClN3O2S/c1-10(14)7-8-15-19(17,18)16(2)9-11-3-5-12(13)6-4-11/h3-6,10,15H,7-9,14H2,1-2H3/t10-/m0/s1. The molecule has 0 aliphatic heterocycles. The molecule has 0 saturated heterocycles. The van der Waals surface area contributed by atoms with E-state index < -0.39 is 10.2 Å². The maximum atomic E-state index is 11.9. The van der Waals surface area contributed by atoms with Crippen molar-refractivity contribution in [3.05, 3.63) is 34.9 Å². The molecule has 1 atom stereocenters. The van der Waals surface area contributed by atoms with Gasteiger partial charge < -0.3 is 5.73 Å². The molecule has 1 aromatic rings. The summed E-state index contributed by atoms with van der Waals surface area (Å²) in [7, 11) is -1.94. The first-order valence-electron chi connectivity index (χ1n) is 6.02.